The van der Waals surface area contributed by atoms with Crippen molar-refractivity contribution in [1.29, 1.82) is 0 Å². The molecule has 0 bridgehead atoms. The van der Waals surface area contributed by atoms with Gasteiger partial charge in [-0.05, 0) is 13.3 Å². The Bertz CT molecular complexity index is 257. The van der Waals surface area contributed by atoms with Crippen LogP contribution in [0.25, 0.3) is 0 Å². The molecule has 0 aromatic rings. The molecule has 0 aromatic carbocycles. The van der Waals surface area contributed by atoms with Crippen molar-refractivity contribution in [3.8, 4) is 0 Å². The monoisotopic (exact) mass is 231 g/mol. The highest BCUT2D eigenvalue weighted by Gasteiger charge is 2.38. The average Bonchev–Trinajstić information content (AvgIpc) is 2.46. The molecule has 4 nitrogen and oxygen atoms in total. The third-order valence-corrected chi connectivity index (χ3v) is 4.04. The van der Waals surface area contributed by atoms with Gasteiger partial charge in [0.15, 0.2) is 0 Å². The largest absolute Gasteiger partial charge is 0.466 e. The van der Waals surface area contributed by atoms with Crippen molar-refractivity contribution in [2.45, 2.75) is 37.3 Å². The first kappa shape index (κ1) is 12.4. The first-order chi connectivity index (χ1) is 7.10. The SMILES string of the molecule is CCOC(=O)CC1SC(CC)N(C)C1=O. The molecule has 0 saturated carbocycles. The number of carbonyl (C=O) groups is 2. The van der Waals surface area contributed by atoms with E-state index in [4.69, 9.17) is 4.74 Å². The van der Waals surface area contributed by atoms with Gasteiger partial charge in [0.2, 0.25) is 5.91 Å². The molecule has 0 radical (unpaired) electrons. The zero-order chi connectivity index (χ0) is 11.4. The summed E-state index contributed by atoms with van der Waals surface area (Å²) in [5, 5.41) is -0.0454. The highest BCUT2D eigenvalue weighted by atomic mass is 32.2. The molecular formula is C10H17NO3S. The molecule has 1 fully saturated rings. The second-order valence-corrected chi connectivity index (χ2v) is 4.83. The zero-order valence-corrected chi connectivity index (χ0v) is 10.2. The van der Waals surface area contributed by atoms with Gasteiger partial charge in [0, 0.05) is 7.05 Å². The Labute approximate surface area is 94.3 Å². The Morgan fingerprint density at radius 1 is 1.53 bits per heavy atom. The average molecular weight is 231 g/mol. The summed E-state index contributed by atoms with van der Waals surface area (Å²) in [6.07, 6.45) is 1.10. The van der Waals surface area contributed by atoms with E-state index in [1.165, 1.54) is 0 Å². The molecule has 1 aliphatic heterocycles. The minimum absolute atomic E-state index is 0.0416. The smallest absolute Gasteiger partial charge is 0.307 e. The van der Waals surface area contributed by atoms with Crippen LogP contribution >= 0.6 is 11.8 Å². The topological polar surface area (TPSA) is 46.6 Å². The first-order valence-electron chi connectivity index (χ1n) is 5.17. The van der Waals surface area contributed by atoms with Crippen molar-refractivity contribution in [3.63, 3.8) is 0 Å². The van der Waals surface area contributed by atoms with Crippen molar-refractivity contribution in [2.24, 2.45) is 0 Å². The van der Waals surface area contributed by atoms with Gasteiger partial charge in [-0.3, -0.25) is 9.59 Å². The number of thioether (sulfide) groups is 1. The predicted octanol–water partition coefficient (Wildman–Crippen LogP) is 1.25. The van der Waals surface area contributed by atoms with Gasteiger partial charge in [0.1, 0.15) is 0 Å². The van der Waals surface area contributed by atoms with Gasteiger partial charge < -0.3 is 9.64 Å². The summed E-state index contributed by atoms with van der Waals surface area (Å²) in [4.78, 5) is 24.7. The van der Waals surface area contributed by atoms with Crippen LogP contribution in [0.1, 0.15) is 26.7 Å². The van der Waals surface area contributed by atoms with E-state index < -0.39 is 0 Å². The molecule has 1 aliphatic rings. The molecule has 0 N–H and O–H groups in total. The van der Waals surface area contributed by atoms with E-state index in [0.29, 0.717) is 6.61 Å². The lowest BCUT2D eigenvalue weighted by Gasteiger charge is -2.15. The van der Waals surface area contributed by atoms with E-state index >= 15 is 0 Å². The molecule has 1 amide bonds. The minimum atomic E-state index is -0.284. The summed E-state index contributed by atoms with van der Waals surface area (Å²) in [6, 6.07) is 0. The van der Waals surface area contributed by atoms with Crippen LogP contribution < -0.4 is 0 Å². The summed E-state index contributed by atoms with van der Waals surface area (Å²) in [6.45, 7) is 4.17. The van der Waals surface area contributed by atoms with Crippen LogP contribution in [0.5, 0.6) is 0 Å². The van der Waals surface area contributed by atoms with E-state index in [9.17, 15) is 9.59 Å². The first-order valence-corrected chi connectivity index (χ1v) is 6.12. The second-order valence-electron chi connectivity index (χ2n) is 3.45. The second kappa shape index (κ2) is 5.39. The molecule has 1 heterocycles. The van der Waals surface area contributed by atoms with E-state index in [2.05, 4.69) is 0 Å². The Balaban J connectivity index is 2.50. The fraction of sp³-hybridized carbons (Fsp3) is 0.800. The van der Waals surface area contributed by atoms with E-state index in [0.717, 1.165) is 6.42 Å². The molecular weight excluding hydrogens is 214 g/mol. The molecule has 15 heavy (non-hydrogen) atoms. The van der Waals surface area contributed by atoms with Crippen molar-refractivity contribution in [3.05, 3.63) is 0 Å². The van der Waals surface area contributed by atoms with Gasteiger partial charge in [-0.2, -0.15) is 0 Å². The molecule has 2 atom stereocenters. The molecule has 86 valence electrons. The highest BCUT2D eigenvalue weighted by molar-refractivity contribution is 8.01. The van der Waals surface area contributed by atoms with Crippen molar-refractivity contribution in [1.82, 2.24) is 4.90 Å². The number of esters is 1. The molecule has 1 rings (SSSR count). The van der Waals surface area contributed by atoms with Crippen molar-refractivity contribution < 1.29 is 14.3 Å². The summed E-state index contributed by atoms with van der Waals surface area (Å²) < 4.78 is 4.83. The highest BCUT2D eigenvalue weighted by Crippen LogP contribution is 2.34. The molecule has 0 aliphatic carbocycles. The predicted molar refractivity (Wildman–Crippen MR) is 59.5 cm³/mol. The minimum Gasteiger partial charge on any atom is -0.466 e. The van der Waals surface area contributed by atoms with Crippen molar-refractivity contribution in [2.75, 3.05) is 13.7 Å². The molecule has 0 spiro atoms. The van der Waals surface area contributed by atoms with Gasteiger partial charge in [-0.1, -0.05) is 6.92 Å². The number of carbonyl (C=O) groups excluding carboxylic acids is 2. The standard InChI is InChI=1S/C10H17NO3S/c1-4-8-11(3)10(13)7(15-8)6-9(12)14-5-2/h7-8H,4-6H2,1-3H3. The number of nitrogens with zero attached hydrogens (tertiary/aromatic N) is 1. The maximum atomic E-state index is 11.7. The Kier molecular flexibility index (Phi) is 4.45. The molecule has 2 unspecified atom stereocenters. The normalized spacial score (nSPS) is 25.8. The van der Waals surface area contributed by atoms with Gasteiger partial charge in [-0.15, -0.1) is 11.8 Å². The Morgan fingerprint density at radius 3 is 2.67 bits per heavy atom. The zero-order valence-electron chi connectivity index (χ0n) is 9.36. The van der Waals surface area contributed by atoms with Gasteiger partial charge in [0.05, 0.1) is 23.7 Å². The lowest BCUT2D eigenvalue weighted by atomic mass is 10.2. The molecule has 1 saturated heterocycles. The van der Waals surface area contributed by atoms with Gasteiger partial charge in [0.25, 0.3) is 0 Å². The maximum Gasteiger partial charge on any atom is 0.307 e. The fourth-order valence-corrected chi connectivity index (χ4v) is 2.96. The van der Waals surface area contributed by atoms with Crippen LogP contribution in [-0.2, 0) is 14.3 Å². The molecule has 0 aromatic heterocycles. The van der Waals surface area contributed by atoms with Crippen LogP contribution in [0.15, 0.2) is 0 Å². The van der Waals surface area contributed by atoms with Crippen LogP contribution in [0.4, 0.5) is 0 Å². The number of hydrogen-bond acceptors (Lipinski definition) is 4. The number of ether oxygens (including phenoxy) is 1. The summed E-state index contributed by atoms with van der Waals surface area (Å²) in [5.41, 5.74) is 0. The fourth-order valence-electron chi connectivity index (χ4n) is 1.58. The number of amides is 1. The van der Waals surface area contributed by atoms with Crippen molar-refractivity contribution >= 4 is 23.6 Å². The third kappa shape index (κ3) is 2.87. The lowest BCUT2D eigenvalue weighted by molar-refractivity contribution is -0.144. The molecule has 5 heteroatoms. The summed E-state index contributed by atoms with van der Waals surface area (Å²) in [7, 11) is 1.79. The van der Waals surface area contributed by atoms with Crippen LogP contribution in [0.2, 0.25) is 0 Å². The Hall–Kier alpha value is -0.710. The van der Waals surface area contributed by atoms with E-state index in [-0.39, 0.29) is 28.9 Å². The third-order valence-electron chi connectivity index (χ3n) is 2.38. The van der Waals surface area contributed by atoms with Crippen LogP contribution in [-0.4, -0.2) is 41.1 Å². The maximum absolute atomic E-state index is 11.7. The van der Waals surface area contributed by atoms with E-state index in [1.807, 2.05) is 6.92 Å². The van der Waals surface area contributed by atoms with Crippen LogP contribution in [0, 0.1) is 0 Å². The number of hydrogen-bond donors (Lipinski definition) is 0. The number of rotatable bonds is 4. The quantitative estimate of drug-likeness (QED) is 0.683. The summed E-state index contributed by atoms with van der Waals surface area (Å²) in [5.74, 6) is -0.242. The van der Waals surface area contributed by atoms with Crippen LogP contribution in [0.3, 0.4) is 0 Å². The van der Waals surface area contributed by atoms with Gasteiger partial charge >= 0.3 is 5.97 Å². The van der Waals surface area contributed by atoms with E-state index in [1.54, 1.807) is 30.6 Å². The lowest BCUT2D eigenvalue weighted by Crippen LogP contribution is -2.31. The van der Waals surface area contributed by atoms with Gasteiger partial charge in [-0.25, -0.2) is 0 Å². The Morgan fingerprint density at radius 2 is 2.20 bits per heavy atom. The summed E-state index contributed by atoms with van der Waals surface area (Å²) >= 11 is 1.56.